The molecular formula is C12H20N2. The highest BCUT2D eigenvalue weighted by atomic mass is 15.1. The summed E-state index contributed by atoms with van der Waals surface area (Å²) in [6.07, 6.45) is 10.6. The van der Waals surface area contributed by atoms with Crippen molar-refractivity contribution in [1.82, 2.24) is 4.90 Å². The van der Waals surface area contributed by atoms with Crippen LogP contribution in [0.1, 0.15) is 32.1 Å². The Hall–Kier alpha value is -0.760. The summed E-state index contributed by atoms with van der Waals surface area (Å²) in [6.45, 7) is 3.87. The Morgan fingerprint density at radius 2 is 1.93 bits per heavy atom. The van der Waals surface area contributed by atoms with Crippen molar-refractivity contribution in [3.05, 3.63) is 23.4 Å². The van der Waals surface area contributed by atoms with Crippen molar-refractivity contribution in [3.63, 3.8) is 0 Å². The lowest BCUT2D eigenvalue weighted by Gasteiger charge is -2.17. The summed E-state index contributed by atoms with van der Waals surface area (Å²) in [6, 6.07) is 0. The predicted molar refractivity (Wildman–Crippen MR) is 59.9 cm³/mol. The zero-order chi connectivity index (χ0) is 9.80. The third kappa shape index (κ3) is 2.61. The Morgan fingerprint density at radius 3 is 2.57 bits per heavy atom. The summed E-state index contributed by atoms with van der Waals surface area (Å²) in [5.41, 5.74) is 8.33. The molecule has 0 aromatic rings. The summed E-state index contributed by atoms with van der Waals surface area (Å²) in [4.78, 5) is 2.57. The van der Waals surface area contributed by atoms with Gasteiger partial charge in [-0.25, -0.2) is 0 Å². The van der Waals surface area contributed by atoms with Crippen LogP contribution in [0.2, 0.25) is 0 Å². The Labute approximate surface area is 86.5 Å². The number of hydrogen-bond acceptors (Lipinski definition) is 2. The van der Waals surface area contributed by atoms with Crippen LogP contribution >= 0.6 is 0 Å². The maximum Gasteiger partial charge on any atom is 0.00836 e. The number of likely N-dealkylation sites (tertiary alicyclic amines) is 1. The summed E-state index contributed by atoms with van der Waals surface area (Å²) in [5.74, 6) is 0. The monoisotopic (exact) mass is 192 g/mol. The molecule has 0 spiro atoms. The van der Waals surface area contributed by atoms with Crippen LogP contribution in [0.15, 0.2) is 23.4 Å². The van der Waals surface area contributed by atoms with Crippen molar-refractivity contribution in [2.75, 3.05) is 19.6 Å². The first-order valence-corrected chi connectivity index (χ1v) is 5.71. The van der Waals surface area contributed by atoms with Crippen molar-refractivity contribution in [2.24, 2.45) is 5.73 Å². The lowest BCUT2D eigenvalue weighted by atomic mass is 10.00. The van der Waals surface area contributed by atoms with Gasteiger partial charge in [-0.3, -0.25) is 0 Å². The minimum absolute atomic E-state index is 1.04. The molecule has 2 rings (SSSR count). The van der Waals surface area contributed by atoms with Crippen LogP contribution in [-0.4, -0.2) is 24.5 Å². The van der Waals surface area contributed by atoms with E-state index < -0.39 is 0 Å². The number of hydrogen-bond donors (Lipinski definition) is 1. The molecule has 0 aromatic heterocycles. The highest BCUT2D eigenvalue weighted by Crippen LogP contribution is 2.19. The second-order valence-corrected chi connectivity index (χ2v) is 4.37. The minimum atomic E-state index is 1.04. The van der Waals surface area contributed by atoms with Gasteiger partial charge in [0.25, 0.3) is 0 Å². The third-order valence-corrected chi connectivity index (χ3v) is 3.22. The summed E-state index contributed by atoms with van der Waals surface area (Å²) in [5, 5.41) is 0. The fraction of sp³-hybridized carbons (Fsp3) is 0.667. The van der Waals surface area contributed by atoms with E-state index in [1.807, 2.05) is 0 Å². The second kappa shape index (κ2) is 4.65. The highest BCUT2D eigenvalue weighted by Gasteiger charge is 2.12. The fourth-order valence-electron chi connectivity index (χ4n) is 2.21. The standard InChI is InChI=1S/C12H20N2/c13-12-5-3-11(4-6-12)7-10-14-8-1-2-9-14/h3,5H,1-2,4,6-10,13H2. The van der Waals surface area contributed by atoms with Gasteiger partial charge >= 0.3 is 0 Å². The van der Waals surface area contributed by atoms with E-state index >= 15 is 0 Å². The van der Waals surface area contributed by atoms with Crippen LogP contribution in [-0.2, 0) is 0 Å². The van der Waals surface area contributed by atoms with Gasteiger partial charge in [0, 0.05) is 12.2 Å². The third-order valence-electron chi connectivity index (χ3n) is 3.22. The van der Waals surface area contributed by atoms with Crippen molar-refractivity contribution in [3.8, 4) is 0 Å². The first-order chi connectivity index (χ1) is 6.84. The largest absolute Gasteiger partial charge is 0.402 e. The SMILES string of the molecule is NC1=CC=C(CCN2CCCC2)CC1. The highest BCUT2D eigenvalue weighted by molar-refractivity contribution is 5.22. The Balaban J connectivity index is 1.75. The lowest BCUT2D eigenvalue weighted by Crippen LogP contribution is -2.21. The van der Waals surface area contributed by atoms with Gasteiger partial charge in [0.2, 0.25) is 0 Å². The predicted octanol–water partition coefficient (Wildman–Crippen LogP) is 2.04. The smallest absolute Gasteiger partial charge is 0.00836 e. The number of nitrogens with zero attached hydrogens (tertiary/aromatic N) is 1. The lowest BCUT2D eigenvalue weighted by molar-refractivity contribution is 0.341. The van der Waals surface area contributed by atoms with Crippen LogP contribution in [0.3, 0.4) is 0 Å². The molecule has 0 unspecified atom stereocenters. The van der Waals surface area contributed by atoms with E-state index in [9.17, 15) is 0 Å². The summed E-state index contributed by atoms with van der Waals surface area (Å²) < 4.78 is 0. The Bertz CT molecular complexity index is 247. The molecule has 1 heterocycles. The van der Waals surface area contributed by atoms with Gasteiger partial charge in [-0.15, -0.1) is 0 Å². The molecule has 2 N–H and O–H groups in total. The molecule has 1 fully saturated rings. The first-order valence-electron chi connectivity index (χ1n) is 5.71. The molecule has 2 heteroatoms. The molecule has 78 valence electrons. The average molecular weight is 192 g/mol. The van der Waals surface area contributed by atoms with E-state index in [-0.39, 0.29) is 0 Å². The molecule has 2 aliphatic rings. The molecule has 1 aliphatic carbocycles. The minimum Gasteiger partial charge on any atom is -0.402 e. The molecule has 0 saturated carbocycles. The van der Waals surface area contributed by atoms with E-state index in [0.29, 0.717) is 0 Å². The zero-order valence-corrected chi connectivity index (χ0v) is 8.84. The normalized spacial score (nSPS) is 23.4. The van der Waals surface area contributed by atoms with Crippen LogP contribution in [0.25, 0.3) is 0 Å². The number of nitrogens with two attached hydrogens (primary N) is 1. The van der Waals surface area contributed by atoms with Gasteiger partial charge in [0.05, 0.1) is 0 Å². The van der Waals surface area contributed by atoms with Gasteiger partial charge < -0.3 is 10.6 Å². The quantitative estimate of drug-likeness (QED) is 0.741. The average Bonchev–Trinajstić information content (AvgIpc) is 2.70. The Kier molecular flexibility index (Phi) is 3.25. The maximum absolute atomic E-state index is 5.72. The van der Waals surface area contributed by atoms with Crippen molar-refractivity contribution in [1.29, 1.82) is 0 Å². The van der Waals surface area contributed by atoms with Gasteiger partial charge in [-0.2, -0.15) is 0 Å². The molecule has 0 radical (unpaired) electrons. The molecule has 2 nitrogen and oxygen atoms in total. The first kappa shape index (κ1) is 9.78. The molecule has 1 saturated heterocycles. The molecule has 0 aromatic carbocycles. The Morgan fingerprint density at radius 1 is 1.14 bits per heavy atom. The van der Waals surface area contributed by atoms with E-state index in [2.05, 4.69) is 17.1 Å². The van der Waals surface area contributed by atoms with Gasteiger partial charge in [-0.05, 0) is 51.3 Å². The molecule has 14 heavy (non-hydrogen) atoms. The van der Waals surface area contributed by atoms with Gasteiger partial charge in [-0.1, -0.05) is 11.6 Å². The number of allylic oxidation sites excluding steroid dienone is 3. The zero-order valence-electron chi connectivity index (χ0n) is 8.84. The van der Waals surface area contributed by atoms with E-state index in [1.165, 1.54) is 45.3 Å². The van der Waals surface area contributed by atoms with E-state index in [1.54, 1.807) is 5.57 Å². The van der Waals surface area contributed by atoms with Crippen molar-refractivity contribution in [2.45, 2.75) is 32.1 Å². The summed E-state index contributed by atoms with van der Waals surface area (Å²) >= 11 is 0. The van der Waals surface area contributed by atoms with E-state index in [4.69, 9.17) is 5.73 Å². The topological polar surface area (TPSA) is 29.3 Å². The van der Waals surface area contributed by atoms with Crippen molar-refractivity contribution < 1.29 is 0 Å². The fourth-order valence-corrected chi connectivity index (χ4v) is 2.21. The molecule has 1 aliphatic heterocycles. The van der Waals surface area contributed by atoms with Gasteiger partial charge in [0.1, 0.15) is 0 Å². The summed E-state index contributed by atoms with van der Waals surface area (Å²) in [7, 11) is 0. The maximum atomic E-state index is 5.72. The van der Waals surface area contributed by atoms with Crippen LogP contribution in [0.5, 0.6) is 0 Å². The molecular weight excluding hydrogens is 172 g/mol. The second-order valence-electron chi connectivity index (χ2n) is 4.37. The molecule has 0 amide bonds. The van der Waals surface area contributed by atoms with Crippen LogP contribution < -0.4 is 5.73 Å². The number of rotatable bonds is 3. The van der Waals surface area contributed by atoms with Crippen molar-refractivity contribution >= 4 is 0 Å². The molecule has 0 atom stereocenters. The van der Waals surface area contributed by atoms with Gasteiger partial charge in [0.15, 0.2) is 0 Å². The molecule has 0 bridgehead atoms. The van der Waals surface area contributed by atoms with E-state index in [0.717, 1.165) is 12.1 Å². The van der Waals surface area contributed by atoms with Crippen LogP contribution in [0, 0.1) is 0 Å². The van der Waals surface area contributed by atoms with Crippen LogP contribution in [0.4, 0.5) is 0 Å².